The molecule has 0 bridgehead atoms. The van der Waals surface area contributed by atoms with Crippen LogP contribution in [-0.4, -0.2) is 49.3 Å². The number of ether oxygens (including phenoxy) is 1. The third-order valence-corrected chi connectivity index (χ3v) is 2.78. The van der Waals surface area contributed by atoms with Gasteiger partial charge in [0.2, 0.25) is 5.95 Å². The molecule has 1 N–H and O–H groups in total. The average Bonchev–Trinajstić information content (AvgIpc) is 2.36. The van der Waals surface area contributed by atoms with E-state index in [2.05, 4.69) is 15.2 Å². The second-order valence-corrected chi connectivity index (χ2v) is 4.08. The number of anilines is 1. The third kappa shape index (κ3) is 4.28. The molecular formula is C12H18FN3O. The molecule has 0 aliphatic carbocycles. The summed E-state index contributed by atoms with van der Waals surface area (Å²) >= 11 is 0. The molecule has 0 spiro atoms. The Hall–Kier alpha value is -1.20. The van der Waals surface area contributed by atoms with E-state index < -0.39 is 5.95 Å². The van der Waals surface area contributed by atoms with Crippen molar-refractivity contribution in [3.63, 3.8) is 0 Å². The molecule has 2 heterocycles. The van der Waals surface area contributed by atoms with Crippen molar-refractivity contribution in [2.75, 3.05) is 44.7 Å². The van der Waals surface area contributed by atoms with E-state index in [1.807, 2.05) is 0 Å². The van der Waals surface area contributed by atoms with Crippen LogP contribution in [0.25, 0.3) is 0 Å². The van der Waals surface area contributed by atoms with E-state index in [9.17, 15) is 4.39 Å². The van der Waals surface area contributed by atoms with Crippen LogP contribution >= 0.6 is 0 Å². The molecule has 1 aliphatic rings. The predicted octanol–water partition coefficient (Wildman–Crippen LogP) is 1.35. The van der Waals surface area contributed by atoms with E-state index >= 15 is 0 Å². The Morgan fingerprint density at radius 2 is 2.18 bits per heavy atom. The zero-order chi connectivity index (χ0) is 11.9. The minimum atomic E-state index is -0.442. The molecule has 1 aliphatic heterocycles. The van der Waals surface area contributed by atoms with E-state index in [0.29, 0.717) is 5.82 Å². The van der Waals surface area contributed by atoms with Crippen molar-refractivity contribution >= 4 is 5.82 Å². The second-order valence-electron chi connectivity index (χ2n) is 4.08. The van der Waals surface area contributed by atoms with Crippen LogP contribution in [0.3, 0.4) is 0 Å². The summed E-state index contributed by atoms with van der Waals surface area (Å²) in [7, 11) is 0. The van der Waals surface area contributed by atoms with Crippen molar-refractivity contribution in [3.05, 3.63) is 24.1 Å². The van der Waals surface area contributed by atoms with Gasteiger partial charge in [-0.3, -0.25) is 4.90 Å². The van der Waals surface area contributed by atoms with Crippen molar-refractivity contribution in [2.24, 2.45) is 0 Å². The van der Waals surface area contributed by atoms with Crippen molar-refractivity contribution in [2.45, 2.75) is 6.42 Å². The highest BCUT2D eigenvalue weighted by Gasteiger charge is 2.08. The number of hydrogen-bond acceptors (Lipinski definition) is 4. The van der Waals surface area contributed by atoms with Gasteiger partial charge in [-0.15, -0.1) is 0 Å². The molecule has 94 valence electrons. The highest BCUT2D eigenvalue weighted by atomic mass is 19.1. The lowest BCUT2D eigenvalue weighted by molar-refractivity contribution is 0.0378. The highest BCUT2D eigenvalue weighted by molar-refractivity contribution is 5.33. The van der Waals surface area contributed by atoms with Crippen LogP contribution in [0.4, 0.5) is 10.2 Å². The maximum Gasteiger partial charge on any atom is 0.214 e. The molecular weight excluding hydrogens is 221 g/mol. The third-order valence-electron chi connectivity index (χ3n) is 2.78. The minimum absolute atomic E-state index is 0.442. The lowest BCUT2D eigenvalue weighted by Gasteiger charge is -2.26. The number of aromatic nitrogens is 1. The van der Waals surface area contributed by atoms with Gasteiger partial charge in [-0.25, -0.2) is 4.98 Å². The number of pyridine rings is 1. The van der Waals surface area contributed by atoms with Crippen LogP contribution in [0.5, 0.6) is 0 Å². The van der Waals surface area contributed by atoms with E-state index in [0.717, 1.165) is 45.8 Å². The van der Waals surface area contributed by atoms with Crippen molar-refractivity contribution < 1.29 is 9.13 Å². The predicted molar refractivity (Wildman–Crippen MR) is 64.6 cm³/mol. The molecule has 0 radical (unpaired) electrons. The van der Waals surface area contributed by atoms with Crippen LogP contribution in [-0.2, 0) is 4.74 Å². The van der Waals surface area contributed by atoms with Gasteiger partial charge in [-0.2, -0.15) is 4.39 Å². The van der Waals surface area contributed by atoms with Gasteiger partial charge in [0.05, 0.1) is 13.2 Å². The van der Waals surface area contributed by atoms with Gasteiger partial charge in [0.1, 0.15) is 5.82 Å². The lowest BCUT2D eigenvalue weighted by Crippen LogP contribution is -2.37. The van der Waals surface area contributed by atoms with Crippen LogP contribution in [0.15, 0.2) is 18.2 Å². The summed E-state index contributed by atoms with van der Waals surface area (Å²) in [5.41, 5.74) is 0. The Bertz CT molecular complexity index is 342. The highest BCUT2D eigenvalue weighted by Crippen LogP contribution is 2.04. The topological polar surface area (TPSA) is 37.4 Å². The summed E-state index contributed by atoms with van der Waals surface area (Å²) in [5, 5.41) is 3.12. The van der Waals surface area contributed by atoms with Gasteiger partial charge < -0.3 is 10.1 Å². The lowest BCUT2D eigenvalue weighted by atomic mass is 10.3. The molecule has 1 fully saturated rings. The summed E-state index contributed by atoms with van der Waals surface area (Å²) in [4.78, 5) is 6.13. The number of morpholine rings is 1. The number of nitrogens with zero attached hydrogens (tertiary/aromatic N) is 2. The Morgan fingerprint density at radius 3 is 2.94 bits per heavy atom. The largest absolute Gasteiger partial charge is 0.379 e. The Balaban J connectivity index is 1.62. The molecule has 1 aromatic rings. The number of hydrogen-bond donors (Lipinski definition) is 1. The van der Waals surface area contributed by atoms with Crippen LogP contribution < -0.4 is 5.32 Å². The molecule has 4 nitrogen and oxygen atoms in total. The first-order chi connectivity index (χ1) is 8.34. The van der Waals surface area contributed by atoms with E-state index in [1.54, 1.807) is 12.1 Å². The molecule has 0 saturated carbocycles. The van der Waals surface area contributed by atoms with Crippen LogP contribution in [0, 0.1) is 5.95 Å². The molecule has 17 heavy (non-hydrogen) atoms. The molecule has 0 unspecified atom stereocenters. The van der Waals surface area contributed by atoms with Gasteiger partial charge in [0.25, 0.3) is 0 Å². The molecule has 0 aromatic carbocycles. The first kappa shape index (κ1) is 12.3. The fourth-order valence-electron chi connectivity index (χ4n) is 1.85. The quantitative estimate of drug-likeness (QED) is 0.622. The fraction of sp³-hybridized carbons (Fsp3) is 0.583. The fourth-order valence-corrected chi connectivity index (χ4v) is 1.85. The zero-order valence-corrected chi connectivity index (χ0v) is 9.86. The van der Waals surface area contributed by atoms with Crippen LogP contribution in [0.1, 0.15) is 6.42 Å². The molecule has 1 saturated heterocycles. The summed E-state index contributed by atoms with van der Waals surface area (Å²) in [6, 6.07) is 4.78. The van der Waals surface area contributed by atoms with Crippen molar-refractivity contribution in [3.8, 4) is 0 Å². The summed E-state index contributed by atoms with van der Waals surface area (Å²) < 4.78 is 18.1. The molecule has 1 aromatic heterocycles. The van der Waals surface area contributed by atoms with E-state index in [4.69, 9.17) is 4.74 Å². The Labute approximate surface area is 101 Å². The Morgan fingerprint density at radius 1 is 1.35 bits per heavy atom. The SMILES string of the molecule is Fc1cccc(NCCCN2CCOCC2)n1. The summed E-state index contributed by atoms with van der Waals surface area (Å²) in [6.45, 7) is 5.55. The smallest absolute Gasteiger partial charge is 0.214 e. The van der Waals surface area contributed by atoms with Gasteiger partial charge >= 0.3 is 0 Å². The van der Waals surface area contributed by atoms with Gasteiger partial charge in [-0.05, 0) is 25.1 Å². The van der Waals surface area contributed by atoms with E-state index in [1.165, 1.54) is 6.07 Å². The van der Waals surface area contributed by atoms with Gasteiger partial charge in [0.15, 0.2) is 0 Å². The van der Waals surface area contributed by atoms with Gasteiger partial charge in [0, 0.05) is 19.6 Å². The van der Waals surface area contributed by atoms with Crippen LogP contribution in [0.2, 0.25) is 0 Å². The zero-order valence-electron chi connectivity index (χ0n) is 9.86. The van der Waals surface area contributed by atoms with E-state index in [-0.39, 0.29) is 0 Å². The summed E-state index contributed by atoms with van der Waals surface area (Å²) in [6.07, 6.45) is 1.03. The monoisotopic (exact) mass is 239 g/mol. The second kappa shape index (κ2) is 6.51. The van der Waals surface area contributed by atoms with Gasteiger partial charge in [-0.1, -0.05) is 6.07 Å². The average molecular weight is 239 g/mol. The maximum absolute atomic E-state index is 12.8. The minimum Gasteiger partial charge on any atom is -0.379 e. The first-order valence-electron chi connectivity index (χ1n) is 6.01. The number of rotatable bonds is 5. The first-order valence-corrected chi connectivity index (χ1v) is 6.01. The standard InChI is InChI=1S/C12H18FN3O/c13-11-3-1-4-12(15-11)14-5-2-6-16-7-9-17-10-8-16/h1,3-4H,2,5-10H2,(H,14,15). The molecule has 5 heteroatoms. The number of nitrogens with one attached hydrogen (secondary N) is 1. The molecule has 2 rings (SSSR count). The Kier molecular flexibility index (Phi) is 4.70. The maximum atomic E-state index is 12.8. The molecule has 0 atom stereocenters. The normalized spacial score (nSPS) is 17.0. The molecule has 0 amide bonds. The van der Waals surface area contributed by atoms with Crippen molar-refractivity contribution in [1.82, 2.24) is 9.88 Å². The van der Waals surface area contributed by atoms with Crippen molar-refractivity contribution in [1.29, 1.82) is 0 Å². The number of halogens is 1. The summed E-state index contributed by atoms with van der Waals surface area (Å²) in [5.74, 6) is 0.162.